The van der Waals surface area contributed by atoms with E-state index in [4.69, 9.17) is 0 Å². The van der Waals surface area contributed by atoms with Crippen LogP contribution in [0.15, 0.2) is 30.3 Å². The first-order valence-electron chi connectivity index (χ1n) is 7.88. The molecule has 2 rings (SSSR count). The fraction of sp³-hybridized carbons (Fsp3) is 0.400. The van der Waals surface area contributed by atoms with Gasteiger partial charge >= 0.3 is 0 Å². The quantitative estimate of drug-likeness (QED) is 0.877. The van der Waals surface area contributed by atoms with Crippen LogP contribution in [-0.4, -0.2) is 19.2 Å². The minimum atomic E-state index is 0.332. The third-order valence-corrected chi connectivity index (χ3v) is 4.29. The topological polar surface area (TPSA) is 23.5 Å². The lowest BCUT2D eigenvalue weighted by molar-refractivity contribution is 0.464. The molecule has 0 aliphatic heterocycles. The van der Waals surface area contributed by atoms with Crippen LogP contribution in [0.1, 0.15) is 47.6 Å². The lowest BCUT2D eigenvalue weighted by atomic mass is 9.92. The second-order valence-electron chi connectivity index (χ2n) is 6.68. The molecule has 0 aliphatic rings. The molecule has 0 radical (unpaired) electrons. The number of aromatic hydroxyl groups is 1. The molecule has 0 saturated carbocycles. The number of hydrogen-bond acceptors (Lipinski definition) is 2. The van der Waals surface area contributed by atoms with E-state index in [-0.39, 0.29) is 0 Å². The monoisotopic (exact) mass is 297 g/mol. The van der Waals surface area contributed by atoms with Crippen LogP contribution in [0.3, 0.4) is 0 Å². The molecule has 0 aromatic heterocycles. The Hall–Kier alpha value is -1.96. The summed E-state index contributed by atoms with van der Waals surface area (Å²) in [5.41, 5.74) is 7.55. The molecule has 118 valence electrons. The molecule has 2 nitrogen and oxygen atoms in total. The lowest BCUT2D eigenvalue weighted by Gasteiger charge is -2.18. The summed E-state index contributed by atoms with van der Waals surface area (Å²) in [7, 11) is 4.14. The average molecular weight is 297 g/mol. The number of aryl methyl sites for hydroxylation is 2. The standard InChI is InChI=1S/C20H27NO/c1-13(2)18-11-16(7-8-20(18)22)12-19-14(3)9-17(21(5)6)10-15(19)4/h7-11,13,22H,12H2,1-6H3. The Kier molecular flexibility index (Phi) is 4.80. The molecule has 0 bridgehead atoms. The summed E-state index contributed by atoms with van der Waals surface area (Å²) >= 11 is 0. The Morgan fingerprint density at radius 1 is 1.00 bits per heavy atom. The molecular weight excluding hydrogens is 270 g/mol. The summed E-state index contributed by atoms with van der Waals surface area (Å²) in [6.07, 6.45) is 0.908. The van der Waals surface area contributed by atoms with Gasteiger partial charge in [-0.3, -0.25) is 0 Å². The summed E-state index contributed by atoms with van der Waals surface area (Å²) in [6, 6.07) is 10.5. The van der Waals surface area contributed by atoms with E-state index >= 15 is 0 Å². The van der Waals surface area contributed by atoms with Gasteiger partial charge in [-0.05, 0) is 72.2 Å². The van der Waals surface area contributed by atoms with E-state index in [1.54, 1.807) is 0 Å². The van der Waals surface area contributed by atoms with Crippen molar-refractivity contribution in [2.45, 2.75) is 40.0 Å². The first-order valence-corrected chi connectivity index (χ1v) is 7.88. The maximum absolute atomic E-state index is 9.97. The Morgan fingerprint density at radius 3 is 2.09 bits per heavy atom. The van der Waals surface area contributed by atoms with Crippen molar-refractivity contribution in [2.75, 3.05) is 19.0 Å². The van der Waals surface area contributed by atoms with Gasteiger partial charge in [0.25, 0.3) is 0 Å². The van der Waals surface area contributed by atoms with Gasteiger partial charge in [0.1, 0.15) is 5.75 Å². The largest absolute Gasteiger partial charge is 0.508 e. The SMILES string of the molecule is Cc1cc(N(C)C)cc(C)c1Cc1ccc(O)c(C(C)C)c1. The number of benzene rings is 2. The predicted molar refractivity (Wildman–Crippen MR) is 95.2 cm³/mol. The molecule has 2 aromatic carbocycles. The van der Waals surface area contributed by atoms with Crippen LogP contribution in [0.5, 0.6) is 5.75 Å². The number of anilines is 1. The van der Waals surface area contributed by atoms with Crippen LogP contribution in [0, 0.1) is 13.8 Å². The second-order valence-corrected chi connectivity index (χ2v) is 6.68. The maximum Gasteiger partial charge on any atom is 0.119 e. The van der Waals surface area contributed by atoms with Crippen molar-refractivity contribution in [1.82, 2.24) is 0 Å². The average Bonchev–Trinajstić information content (AvgIpc) is 2.43. The molecule has 22 heavy (non-hydrogen) atoms. The second kappa shape index (κ2) is 6.43. The van der Waals surface area contributed by atoms with Gasteiger partial charge < -0.3 is 10.0 Å². The van der Waals surface area contributed by atoms with Crippen LogP contribution in [-0.2, 0) is 6.42 Å². The van der Waals surface area contributed by atoms with Gasteiger partial charge in [0.05, 0.1) is 0 Å². The van der Waals surface area contributed by atoms with E-state index in [2.05, 4.69) is 64.9 Å². The molecule has 0 aliphatic carbocycles. The van der Waals surface area contributed by atoms with Crippen molar-refractivity contribution in [3.63, 3.8) is 0 Å². The van der Waals surface area contributed by atoms with Crippen LogP contribution in [0.25, 0.3) is 0 Å². The van der Waals surface area contributed by atoms with E-state index in [0.717, 1.165) is 12.0 Å². The van der Waals surface area contributed by atoms with Gasteiger partial charge in [0.2, 0.25) is 0 Å². The van der Waals surface area contributed by atoms with Crippen molar-refractivity contribution in [2.24, 2.45) is 0 Å². The van der Waals surface area contributed by atoms with E-state index < -0.39 is 0 Å². The molecular formula is C20H27NO. The van der Waals surface area contributed by atoms with E-state index in [1.165, 1.54) is 27.9 Å². The number of rotatable bonds is 4. The van der Waals surface area contributed by atoms with Crippen LogP contribution < -0.4 is 4.90 Å². The zero-order valence-electron chi connectivity index (χ0n) is 14.6. The fourth-order valence-corrected chi connectivity index (χ4v) is 2.89. The Balaban J connectivity index is 2.37. The van der Waals surface area contributed by atoms with Crippen molar-refractivity contribution in [3.8, 4) is 5.75 Å². The number of phenolic OH excluding ortho intramolecular Hbond substituents is 1. The lowest BCUT2D eigenvalue weighted by Crippen LogP contribution is -2.10. The van der Waals surface area contributed by atoms with Gasteiger partial charge in [-0.25, -0.2) is 0 Å². The molecule has 0 amide bonds. The van der Waals surface area contributed by atoms with Crippen molar-refractivity contribution < 1.29 is 5.11 Å². The van der Waals surface area contributed by atoms with Crippen molar-refractivity contribution >= 4 is 5.69 Å². The highest BCUT2D eigenvalue weighted by atomic mass is 16.3. The fourth-order valence-electron chi connectivity index (χ4n) is 2.89. The minimum Gasteiger partial charge on any atom is -0.508 e. The molecule has 2 aromatic rings. The van der Waals surface area contributed by atoms with Gasteiger partial charge in [0.15, 0.2) is 0 Å². The number of nitrogens with zero attached hydrogens (tertiary/aromatic N) is 1. The first kappa shape index (κ1) is 16.4. The molecule has 0 spiro atoms. The Morgan fingerprint density at radius 2 is 1.59 bits per heavy atom. The Labute approximate surface area is 134 Å². The van der Waals surface area contributed by atoms with E-state index in [9.17, 15) is 5.11 Å². The van der Waals surface area contributed by atoms with Crippen LogP contribution >= 0.6 is 0 Å². The molecule has 0 heterocycles. The third-order valence-electron chi connectivity index (χ3n) is 4.29. The summed E-state index contributed by atoms with van der Waals surface area (Å²) in [6.45, 7) is 8.58. The van der Waals surface area contributed by atoms with Crippen molar-refractivity contribution in [3.05, 3.63) is 58.1 Å². The molecule has 0 saturated heterocycles. The first-order chi connectivity index (χ1) is 10.3. The summed E-state index contributed by atoms with van der Waals surface area (Å²) in [5.74, 6) is 0.730. The maximum atomic E-state index is 9.97. The highest BCUT2D eigenvalue weighted by Crippen LogP contribution is 2.29. The van der Waals surface area contributed by atoms with Crippen molar-refractivity contribution in [1.29, 1.82) is 0 Å². The molecule has 0 unspecified atom stereocenters. The molecule has 1 N–H and O–H groups in total. The zero-order chi connectivity index (χ0) is 16.4. The van der Waals surface area contributed by atoms with Gasteiger partial charge in [-0.15, -0.1) is 0 Å². The summed E-state index contributed by atoms with van der Waals surface area (Å²) in [4.78, 5) is 2.14. The van der Waals surface area contributed by atoms with Crippen LogP contribution in [0.4, 0.5) is 5.69 Å². The normalized spacial score (nSPS) is 11.0. The smallest absolute Gasteiger partial charge is 0.119 e. The highest BCUT2D eigenvalue weighted by Gasteiger charge is 2.11. The number of hydrogen-bond donors (Lipinski definition) is 1. The van der Waals surface area contributed by atoms with E-state index in [1.807, 2.05) is 12.1 Å². The van der Waals surface area contributed by atoms with E-state index in [0.29, 0.717) is 11.7 Å². The molecule has 0 atom stereocenters. The number of phenols is 1. The Bertz CT molecular complexity index is 648. The van der Waals surface area contributed by atoms with Gasteiger partial charge in [0, 0.05) is 19.8 Å². The molecule has 2 heteroatoms. The molecule has 0 fully saturated rings. The summed E-state index contributed by atoms with van der Waals surface area (Å²) in [5, 5.41) is 9.97. The summed E-state index contributed by atoms with van der Waals surface area (Å²) < 4.78 is 0. The minimum absolute atomic E-state index is 0.332. The van der Waals surface area contributed by atoms with Gasteiger partial charge in [-0.2, -0.15) is 0 Å². The van der Waals surface area contributed by atoms with Gasteiger partial charge in [-0.1, -0.05) is 26.0 Å². The highest BCUT2D eigenvalue weighted by molar-refractivity contribution is 5.54. The predicted octanol–water partition coefficient (Wildman–Crippen LogP) is 4.79. The zero-order valence-corrected chi connectivity index (χ0v) is 14.6. The van der Waals surface area contributed by atoms with Crippen LogP contribution in [0.2, 0.25) is 0 Å². The third kappa shape index (κ3) is 3.44.